The quantitative estimate of drug-likeness (QED) is 0.601. The van der Waals surface area contributed by atoms with Crippen molar-refractivity contribution in [1.82, 2.24) is 10.6 Å². The zero-order valence-electron chi connectivity index (χ0n) is 13.2. The lowest BCUT2D eigenvalue weighted by Gasteiger charge is -2.23. The van der Waals surface area contributed by atoms with Gasteiger partial charge in [0.15, 0.2) is 5.96 Å². The van der Waals surface area contributed by atoms with E-state index in [2.05, 4.69) is 55.8 Å². The maximum Gasteiger partial charge on any atom is 0.191 e. The summed E-state index contributed by atoms with van der Waals surface area (Å²) in [7, 11) is 1.71. The topological polar surface area (TPSA) is 45.7 Å². The first-order chi connectivity index (χ1) is 9.49. The number of aliphatic imine (C=N–C) groups is 1. The Balaban J connectivity index is 2.66. The van der Waals surface area contributed by atoms with Crippen molar-refractivity contribution >= 4 is 17.3 Å². The lowest BCUT2D eigenvalue weighted by molar-refractivity contribution is 0.179. The van der Waals surface area contributed by atoms with Crippen molar-refractivity contribution in [3.05, 3.63) is 22.4 Å². The summed E-state index contributed by atoms with van der Waals surface area (Å²) in [5.41, 5.74) is 0.0566. The first kappa shape index (κ1) is 17.0. The van der Waals surface area contributed by atoms with Crippen LogP contribution < -0.4 is 10.6 Å². The summed E-state index contributed by atoms with van der Waals surface area (Å²) < 4.78 is 5.14. The van der Waals surface area contributed by atoms with Crippen LogP contribution in [0.4, 0.5) is 0 Å². The average molecular weight is 297 g/mol. The lowest BCUT2D eigenvalue weighted by Crippen LogP contribution is -2.44. The van der Waals surface area contributed by atoms with E-state index in [0.717, 1.165) is 19.0 Å². The molecular weight excluding hydrogens is 270 g/mol. The van der Waals surface area contributed by atoms with E-state index in [-0.39, 0.29) is 11.5 Å². The van der Waals surface area contributed by atoms with Gasteiger partial charge >= 0.3 is 0 Å². The first-order valence-corrected chi connectivity index (χ1v) is 7.95. The number of thiophene rings is 1. The third-order valence-corrected chi connectivity index (χ3v) is 4.20. The van der Waals surface area contributed by atoms with Crippen LogP contribution in [0.25, 0.3) is 0 Å². The zero-order chi connectivity index (χ0) is 15.0. The fraction of sp³-hybridized carbons (Fsp3) is 0.667. The van der Waals surface area contributed by atoms with Crippen molar-refractivity contribution in [2.75, 3.05) is 26.8 Å². The molecule has 4 nitrogen and oxygen atoms in total. The summed E-state index contributed by atoms with van der Waals surface area (Å²) in [6.45, 7) is 10.9. The van der Waals surface area contributed by atoms with Gasteiger partial charge < -0.3 is 15.4 Å². The minimum Gasteiger partial charge on any atom is -0.383 e. The van der Waals surface area contributed by atoms with Gasteiger partial charge in [-0.2, -0.15) is 0 Å². The van der Waals surface area contributed by atoms with E-state index >= 15 is 0 Å². The number of hydrogen-bond donors (Lipinski definition) is 2. The maximum absolute atomic E-state index is 5.14. The third kappa shape index (κ3) is 5.51. The highest BCUT2D eigenvalue weighted by Gasteiger charge is 2.21. The SMILES string of the molecule is CCNC(=NCC(C)(C)c1cccs1)NC(C)COC. The van der Waals surface area contributed by atoms with Crippen LogP contribution in [0.5, 0.6) is 0 Å². The number of nitrogens with zero attached hydrogens (tertiary/aromatic N) is 1. The summed E-state index contributed by atoms with van der Waals surface area (Å²) in [6, 6.07) is 4.51. The molecule has 1 rings (SSSR count). The maximum atomic E-state index is 5.14. The van der Waals surface area contributed by atoms with Crippen molar-refractivity contribution in [2.45, 2.75) is 39.2 Å². The summed E-state index contributed by atoms with van der Waals surface area (Å²) >= 11 is 1.79. The average Bonchev–Trinajstić information content (AvgIpc) is 2.91. The predicted molar refractivity (Wildman–Crippen MR) is 87.8 cm³/mol. The van der Waals surface area contributed by atoms with Crippen molar-refractivity contribution in [1.29, 1.82) is 0 Å². The Morgan fingerprint density at radius 3 is 2.80 bits per heavy atom. The standard InChI is InChI=1S/C15H27N3OS/c1-6-16-14(18-12(2)10-19-5)17-11-15(3,4)13-8-7-9-20-13/h7-9,12H,6,10-11H2,1-5H3,(H2,16,17,18). The van der Waals surface area contributed by atoms with Gasteiger partial charge in [0.05, 0.1) is 13.2 Å². The van der Waals surface area contributed by atoms with Crippen LogP contribution >= 0.6 is 11.3 Å². The fourth-order valence-electron chi connectivity index (χ4n) is 1.86. The van der Waals surface area contributed by atoms with Crippen LogP contribution in [-0.4, -0.2) is 38.8 Å². The van der Waals surface area contributed by atoms with Crippen molar-refractivity contribution in [3.8, 4) is 0 Å². The molecule has 1 aromatic rings. The van der Waals surface area contributed by atoms with Gasteiger partial charge in [0, 0.05) is 30.0 Å². The number of rotatable bonds is 7. The minimum atomic E-state index is 0.0566. The van der Waals surface area contributed by atoms with Crippen molar-refractivity contribution in [2.24, 2.45) is 4.99 Å². The molecule has 0 saturated carbocycles. The predicted octanol–water partition coefficient (Wildman–Crippen LogP) is 2.62. The van der Waals surface area contributed by atoms with Gasteiger partial charge in [-0.15, -0.1) is 11.3 Å². The highest BCUT2D eigenvalue weighted by molar-refractivity contribution is 7.10. The molecule has 20 heavy (non-hydrogen) atoms. The Morgan fingerprint density at radius 1 is 1.50 bits per heavy atom. The molecule has 0 amide bonds. The molecular formula is C15H27N3OS. The van der Waals surface area contributed by atoms with Gasteiger partial charge in [-0.05, 0) is 25.3 Å². The van der Waals surface area contributed by atoms with Crippen LogP contribution in [0.1, 0.15) is 32.6 Å². The van der Waals surface area contributed by atoms with Crippen LogP contribution in [0.2, 0.25) is 0 Å². The summed E-state index contributed by atoms with van der Waals surface area (Å²) in [4.78, 5) is 6.07. The van der Waals surface area contributed by atoms with Crippen LogP contribution in [0, 0.1) is 0 Å². The van der Waals surface area contributed by atoms with Gasteiger partial charge in [-0.1, -0.05) is 19.9 Å². The molecule has 0 aromatic carbocycles. The van der Waals surface area contributed by atoms with Crippen LogP contribution in [0.15, 0.2) is 22.5 Å². The zero-order valence-corrected chi connectivity index (χ0v) is 14.0. The molecule has 0 radical (unpaired) electrons. The largest absolute Gasteiger partial charge is 0.383 e. The summed E-state index contributed by atoms with van der Waals surface area (Å²) in [5, 5.41) is 8.75. The molecule has 1 aromatic heterocycles. The molecule has 0 aliphatic carbocycles. The van der Waals surface area contributed by atoms with Gasteiger partial charge in [-0.25, -0.2) is 0 Å². The Hall–Kier alpha value is -1.07. The molecule has 0 aliphatic heterocycles. The van der Waals surface area contributed by atoms with E-state index in [9.17, 15) is 0 Å². The number of nitrogens with one attached hydrogen (secondary N) is 2. The number of ether oxygens (including phenoxy) is 1. The summed E-state index contributed by atoms with van der Waals surface area (Å²) in [5.74, 6) is 0.849. The minimum absolute atomic E-state index is 0.0566. The summed E-state index contributed by atoms with van der Waals surface area (Å²) in [6.07, 6.45) is 0. The molecule has 5 heteroatoms. The first-order valence-electron chi connectivity index (χ1n) is 7.07. The highest BCUT2D eigenvalue weighted by atomic mass is 32.1. The second-order valence-corrected chi connectivity index (χ2v) is 6.50. The van der Waals surface area contributed by atoms with Crippen LogP contribution in [-0.2, 0) is 10.2 Å². The second kappa shape index (κ2) is 8.27. The van der Waals surface area contributed by atoms with Crippen molar-refractivity contribution < 1.29 is 4.74 Å². The number of guanidine groups is 1. The second-order valence-electron chi connectivity index (χ2n) is 5.56. The fourth-order valence-corrected chi connectivity index (χ4v) is 2.71. The van der Waals surface area contributed by atoms with E-state index < -0.39 is 0 Å². The molecule has 1 atom stereocenters. The molecule has 0 fully saturated rings. The molecule has 2 N–H and O–H groups in total. The van der Waals surface area contributed by atoms with Gasteiger partial charge in [0.2, 0.25) is 0 Å². The Morgan fingerprint density at radius 2 is 2.25 bits per heavy atom. The molecule has 1 heterocycles. The van der Waals surface area contributed by atoms with Gasteiger partial charge in [0.25, 0.3) is 0 Å². The molecule has 0 bridgehead atoms. The number of methoxy groups -OCH3 is 1. The normalized spacial score (nSPS) is 14.2. The molecule has 1 unspecified atom stereocenters. The molecule has 0 saturated heterocycles. The van der Waals surface area contributed by atoms with E-state index in [4.69, 9.17) is 9.73 Å². The van der Waals surface area contributed by atoms with Crippen LogP contribution in [0.3, 0.4) is 0 Å². The molecule has 0 spiro atoms. The van der Waals surface area contributed by atoms with Crippen molar-refractivity contribution in [3.63, 3.8) is 0 Å². The molecule has 114 valence electrons. The highest BCUT2D eigenvalue weighted by Crippen LogP contribution is 2.27. The van der Waals surface area contributed by atoms with Gasteiger partial charge in [0.1, 0.15) is 0 Å². The van der Waals surface area contributed by atoms with E-state index in [0.29, 0.717) is 6.61 Å². The third-order valence-electron chi connectivity index (χ3n) is 2.96. The van der Waals surface area contributed by atoms with E-state index in [1.165, 1.54) is 4.88 Å². The Kier molecular flexibility index (Phi) is 7.02. The Bertz CT molecular complexity index is 401. The van der Waals surface area contributed by atoms with E-state index in [1.807, 2.05) is 0 Å². The Labute approximate surface area is 126 Å². The lowest BCUT2D eigenvalue weighted by atomic mass is 9.92. The smallest absolute Gasteiger partial charge is 0.191 e. The number of hydrogen-bond acceptors (Lipinski definition) is 3. The van der Waals surface area contributed by atoms with E-state index in [1.54, 1.807) is 18.4 Å². The monoisotopic (exact) mass is 297 g/mol. The van der Waals surface area contributed by atoms with Gasteiger partial charge in [-0.3, -0.25) is 4.99 Å². The molecule has 0 aliphatic rings.